The highest BCUT2D eigenvalue weighted by atomic mass is 16.3. The molecule has 0 saturated carbocycles. The number of benzene rings is 1. The molecule has 2 N–H and O–H groups in total. The Morgan fingerprint density at radius 1 is 1.04 bits per heavy atom. The largest absolute Gasteiger partial charge is 0.459 e. The van der Waals surface area contributed by atoms with Crippen LogP contribution in [0.4, 0.5) is 0 Å². The fraction of sp³-hybridized carbons (Fsp3) is 0.211. The van der Waals surface area contributed by atoms with Gasteiger partial charge in [0.15, 0.2) is 5.76 Å². The van der Waals surface area contributed by atoms with E-state index in [4.69, 9.17) is 4.42 Å². The maximum atomic E-state index is 12.5. The maximum Gasteiger partial charge on any atom is 0.287 e. The number of aromatic nitrogens is 1. The first-order chi connectivity index (χ1) is 12.0. The molecule has 3 aromatic rings. The van der Waals surface area contributed by atoms with Crippen LogP contribution >= 0.6 is 0 Å². The van der Waals surface area contributed by atoms with Gasteiger partial charge in [-0.15, -0.1) is 0 Å². The minimum atomic E-state index is -0.305. The second-order valence-electron chi connectivity index (χ2n) is 5.82. The van der Waals surface area contributed by atoms with Crippen LogP contribution in [0.25, 0.3) is 10.9 Å². The number of amides is 2. The first-order valence-electron chi connectivity index (χ1n) is 8.02. The summed E-state index contributed by atoms with van der Waals surface area (Å²) in [4.78, 5) is 28.7. The smallest absolute Gasteiger partial charge is 0.287 e. The van der Waals surface area contributed by atoms with Crippen LogP contribution in [0.15, 0.2) is 47.1 Å². The molecule has 128 valence electrons. The Bertz CT molecular complexity index is 917. The van der Waals surface area contributed by atoms with Gasteiger partial charge in [-0.2, -0.15) is 0 Å². The van der Waals surface area contributed by atoms with Gasteiger partial charge in [0, 0.05) is 24.2 Å². The molecule has 0 bridgehead atoms. The van der Waals surface area contributed by atoms with Crippen molar-refractivity contribution < 1.29 is 14.0 Å². The molecule has 2 amide bonds. The number of furan rings is 1. The number of hydrogen-bond acceptors (Lipinski definition) is 4. The number of fused-ring (bicyclic) bond motifs is 1. The fourth-order valence-electron chi connectivity index (χ4n) is 2.60. The zero-order chi connectivity index (χ0) is 17.8. The predicted molar refractivity (Wildman–Crippen MR) is 94.6 cm³/mol. The molecule has 6 heteroatoms. The van der Waals surface area contributed by atoms with Gasteiger partial charge >= 0.3 is 0 Å². The van der Waals surface area contributed by atoms with Crippen molar-refractivity contribution in [2.45, 2.75) is 13.8 Å². The molecule has 0 saturated heterocycles. The first kappa shape index (κ1) is 16.7. The SMILES string of the molecule is Cc1ccc2nc(C)cc(C(=O)NCCNC(=O)c3ccco3)c2c1. The molecule has 1 aromatic carbocycles. The minimum Gasteiger partial charge on any atom is -0.459 e. The third-order valence-corrected chi connectivity index (χ3v) is 3.78. The molecule has 0 aliphatic heterocycles. The molecule has 0 aliphatic rings. The standard InChI is InChI=1S/C19H19N3O3/c1-12-5-6-16-14(10-12)15(11-13(2)22-16)18(23)20-7-8-21-19(24)17-4-3-9-25-17/h3-6,9-11H,7-8H2,1-2H3,(H,20,23)(H,21,24). The van der Waals surface area contributed by atoms with Crippen molar-refractivity contribution in [2.75, 3.05) is 13.1 Å². The van der Waals surface area contributed by atoms with Gasteiger partial charge in [0.25, 0.3) is 11.8 Å². The van der Waals surface area contributed by atoms with Crippen molar-refractivity contribution in [3.63, 3.8) is 0 Å². The van der Waals surface area contributed by atoms with E-state index in [1.165, 1.54) is 6.26 Å². The molecule has 25 heavy (non-hydrogen) atoms. The summed E-state index contributed by atoms with van der Waals surface area (Å²) in [6.45, 7) is 4.47. The van der Waals surface area contributed by atoms with Crippen LogP contribution in [0.3, 0.4) is 0 Å². The van der Waals surface area contributed by atoms with E-state index in [-0.39, 0.29) is 17.6 Å². The molecule has 0 fully saturated rings. The van der Waals surface area contributed by atoms with Crippen LogP contribution in [0.2, 0.25) is 0 Å². The molecule has 0 radical (unpaired) electrons. The molecule has 0 aliphatic carbocycles. The lowest BCUT2D eigenvalue weighted by atomic mass is 10.0. The monoisotopic (exact) mass is 337 g/mol. The van der Waals surface area contributed by atoms with E-state index < -0.39 is 0 Å². The van der Waals surface area contributed by atoms with E-state index in [9.17, 15) is 9.59 Å². The third-order valence-electron chi connectivity index (χ3n) is 3.78. The van der Waals surface area contributed by atoms with E-state index in [0.29, 0.717) is 18.7 Å². The van der Waals surface area contributed by atoms with Crippen LogP contribution in [0.1, 0.15) is 32.2 Å². The normalized spacial score (nSPS) is 10.6. The first-order valence-corrected chi connectivity index (χ1v) is 8.02. The third kappa shape index (κ3) is 3.85. The number of aryl methyl sites for hydroxylation is 2. The highest BCUT2D eigenvalue weighted by molar-refractivity contribution is 6.06. The topological polar surface area (TPSA) is 84.2 Å². The molecule has 0 spiro atoms. The summed E-state index contributed by atoms with van der Waals surface area (Å²) in [6.07, 6.45) is 1.44. The van der Waals surface area contributed by atoms with Crippen LogP contribution in [0.5, 0.6) is 0 Å². The summed E-state index contributed by atoms with van der Waals surface area (Å²) in [5.41, 5.74) is 3.23. The predicted octanol–water partition coefficient (Wildman–Crippen LogP) is 2.60. The number of nitrogens with zero attached hydrogens (tertiary/aromatic N) is 1. The Morgan fingerprint density at radius 2 is 1.80 bits per heavy atom. The molecule has 3 rings (SSSR count). The number of hydrogen-bond donors (Lipinski definition) is 2. The lowest BCUT2D eigenvalue weighted by Crippen LogP contribution is -2.34. The van der Waals surface area contributed by atoms with Crippen molar-refractivity contribution >= 4 is 22.7 Å². The molecular formula is C19H19N3O3. The fourth-order valence-corrected chi connectivity index (χ4v) is 2.60. The number of pyridine rings is 1. The second kappa shape index (κ2) is 7.17. The van der Waals surface area contributed by atoms with Gasteiger partial charge in [0.05, 0.1) is 17.3 Å². The van der Waals surface area contributed by atoms with Crippen molar-refractivity contribution in [3.05, 3.63) is 65.2 Å². The van der Waals surface area contributed by atoms with E-state index in [1.54, 1.807) is 18.2 Å². The van der Waals surface area contributed by atoms with E-state index >= 15 is 0 Å². The Morgan fingerprint density at radius 3 is 2.52 bits per heavy atom. The van der Waals surface area contributed by atoms with Gasteiger partial charge in [0.2, 0.25) is 0 Å². The van der Waals surface area contributed by atoms with Crippen molar-refractivity contribution in [1.29, 1.82) is 0 Å². The summed E-state index contributed by atoms with van der Waals surface area (Å²) < 4.78 is 5.01. The summed E-state index contributed by atoms with van der Waals surface area (Å²) >= 11 is 0. The molecule has 0 atom stereocenters. The van der Waals surface area contributed by atoms with Gasteiger partial charge < -0.3 is 15.1 Å². The maximum absolute atomic E-state index is 12.5. The van der Waals surface area contributed by atoms with Crippen molar-refractivity contribution in [3.8, 4) is 0 Å². The number of carbonyl (C=O) groups excluding carboxylic acids is 2. The molecular weight excluding hydrogens is 318 g/mol. The van der Waals surface area contributed by atoms with Gasteiger partial charge in [0.1, 0.15) is 0 Å². The Balaban J connectivity index is 1.64. The zero-order valence-electron chi connectivity index (χ0n) is 14.1. The Labute approximate surface area is 145 Å². The zero-order valence-corrected chi connectivity index (χ0v) is 14.1. The van der Waals surface area contributed by atoms with E-state index in [2.05, 4.69) is 15.6 Å². The van der Waals surface area contributed by atoms with Crippen LogP contribution in [0, 0.1) is 13.8 Å². The van der Waals surface area contributed by atoms with Crippen LogP contribution in [-0.4, -0.2) is 29.9 Å². The highest BCUT2D eigenvalue weighted by Gasteiger charge is 2.12. The number of rotatable bonds is 5. The number of nitrogens with one attached hydrogen (secondary N) is 2. The summed E-state index contributed by atoms with van der Waals surface area (Å²) in [7, 11) is 0. The quantitative estimate of drug-likeness (QED) is 0.701. The Hall–Kier alpha value is -3.15. The van der Waals surface area contributed by atoms with Gasteiger partial charge in [-0.1, -0.05) is 11.6 Å². The molecule has 2 heterocycles. The van der Waals surface area contributed by atoms with E-state index in [0.717, 1.165) is 22.2 Å². The lowest BCUT2D eigenvalue weighted by Gasteiger charge is -2.10. The molecule has 0 unspecified atom stereocenters. The van der Waals surface area contributed by atoms with Crippen LogP contribution < -0.4 is 10.6 Å². The van der Waals surface area contributed by atoms with Gasteiger partial charge in [-0.25, -0.2) is 0 Å². The highest BCUT2D eigenvalue weighted by Crippen LogP contribution is 2.19. The molecule has 6 nitrogen and oxygen atoms in total. The lowest BCUT2D eigenvalue weighted by molar-refractivity contribution is 0.0911. The summed E-state index contributed by atoms with van der Waals surface area (Å²) in [6, 6.07) is 10.9. The van der Waals surface area contributed by atoms with Crippen LogP contribution in [-0.2, 0) is 0 Å². The summed E-state index contributed by atoms with van der Waals surface area (Å²) in [5.74, 6) is -0.244. The number of carbonyl (C=O) groups is 2. The second-order valence-corrected chi connectivity index (χ2v) is 5.82. The van der Waals surface area contributed by atoms with Gasteiger partial charge in [-0.3, -0.25) is 14.6 Å². The minimum absolute atomic E-state index is 0.187. The molecule has 2 aromatic heterocycles. The van der Waals surface area contributed by atoms with E-state index in [1.807, 2.05) is 32.0 Å². The van der Waals surface area contributed by atoms with Gasteiger partial charge in [-0.05, 0) is 44.2 Å². The summed E-state index contributed by atoms with van der Waals surface area (Å²) in [5, 5.41) is 6.34. The Kier molecular flexibility index (Phi) is 4.79. The van der Waals surface area contributed by atoms with Crippen molar-refractivity contribution in [1.82, 2.24) is 15.6 Å². The van der Waals surface area contributed by atoms with Crippen molar-refractivity contribution in [2.24, 2.45) is 0 Å². The average molecular weight is 337 g/mol. The average Bonchev–Trinajstić information content (AvgIpc) is 3.12.